The van der Waals surface area contributed by atoms with E-state index in [0.29, 0.717) is 30.1 Å². The molecule has 1 fully saturated rings. The summed E-state index contributed by atoms with van der Waals surface area (Å²) < 4.78 is 5.51. The maximum atomic E-state index is 6.14. The molecule has 0 saturated carbocycles. The number of halogens is 1. The molecule has 0 aromatic carbocycles. The molecule has 1 unspecified atom stereocenters. The minimum Gasteiger partial charge on any atom is -0.378 e. The van der Waals surface area contributed by atoms with Gasteiger partial charge < -0.3 is 14.5 Å². The van der Waals surface area contributed by atoms with Crippen LogP contribution in [0.2, 0.25) is 5.15 Å². The average molecular weight is 378 g/mol. The van der Waals surface area contributed by atoms with E-state index >= 15 is 0 Å². The molecule has 3 rings (SSSR count). The largest absolute Gasteiger partial charge is 0.378 e. The zero-order valence-corrected chi connectivity index (χ0v) is 16.7. The number of morpholine rings is 1. The van der Waals surface area contributed by atoms with E-state index in [4.69, 9.17) is 26.3 Å². The Morgan fingerprint density at radius 1 is 1.19 bits per heavy atom. The van der Waals surface area contributed by atoms with Crippen LogP contribution in [0.15, 0.2) is 12.1 Å². The number of rotatable bonds is 7. The van der Waals surface area contributed by atoms with Crippen LogP contribution in [0.1, 0.15) is 40.0 Å². The lowest BCUT2D eigenvalue weighted by Crippen LogP contribution is -2.38. The molecule has 3 heterocycles. The van der Waals surface area contributed by atoms with Gasteiger partial charge in [0.25, 0.3) is 0 Å². The molecule has 0 radical (unpaired) electrons. The highest BCUT2D eigenvalue weighted by molar-refractivity contribution is 6.29. The summed E-state index contributed by atoms with van der Waals surface area (Å²) in [4.78, 5) is 18.8. The average Bonchev–Trinajstić information content (AvgIpc) is 2.67. The van der Waals surface area contributed by atoms with Crippen LogP contribution in [0.5, 0.6) is 0 Å². The molecule has 7 heteroatoms. The molecule has 1 atom stereocenters. The molecule has 6 nitrogen and oxygen atoms in total. The number of fused-ring (bicyclic) bond motifs is 1. The summed E-state index contributed by atoms with van der Waals surface area (Å²) in [6.07, 6.45) is 3.30. The summed E-state index contributed by atoms with van der Waals surface area (Å²) in [5.74, 6) is 1.68. The molecule has 2 aromatic rings. The Bertz CT molecular complexity index is 735. The van der Waals surface area contributed by atoms with E-state index in [0.717, 1.165) is 56.0 Å². The van der Waals surface area contributed by atoms with Gasteiger partial charge in [-0.2, -0.15) is 9.97 Å². The van der Waals surface area contributed by atoms with Gasteiger partial charge in [0.2, 0.25) is 5.95 Å². The minimum absolute atomic E-state index is 0.371. The van der Waals surface area contributed by atoms with Crippen molar-refractivity contribution in [2.24, 2.45) is 0 Å². The second-order valence-corrected chi connectivity index (χ2v) is 7.14. The van der Waals surface area contributed by atoms with Gasteiger partial charge in [-0.25, -0.2) is 4.98 Å². The molecule has 1 aliphatic rings. The standard InChI is InChI=1S/C19H28ClN5O/c1-4-6-9-25(14(3)5-2)19-22-17-15(7-8-16(20)21-17)18(23-19)24-10-12-26-13-11-24/h7-8,14H,4-6,9-13H2,1-3H3. The third-order valence-corrected chi connectivity index (χ3v) is 5.15. The highest BCUT2D eigenvalue weighted by Crippen LogP contribution is 2.28. The zero-order chi connectivity index (χ0) is 18.5. The first kappa shape index (κ1) is 19.1. The van der Waals surface area contributed by atoms with Crippen LogP contribution >= 0.6 is 11.6 Å². The second-order valence-electron chi connectivity index (χ2n) is 6.76. The molecule has 0 aliphatic carbocycles. The normalized spacial score (nSPS) is 16.1. The Morgan fingerprint density at radius 3 is 2.65 bits per heavy atom. The Kier molecular flexibility index (Phi) is 6.48. The van der Waals surface area contributed by atoms with Crippen LogP contribution in [0.4, 0.5) is 11.8 Å². The van der Waals surface area contributed by atoms with E-state index in [9.17, 15) is 0 Å². The molecule has 0 N–H and O–H groups in total. The van der Waals surface area contributed by atoms with Crippen molar-refractivity contribution in [2.75, 3.05) is 42.6 Å². The first-order valence-electron chi connectivity index (χ1n) is 9.57. The number of hydrogen-bond donors (Lipinski definition) is 0. The number of hydrogen-bond acceptors (Lipinski definition) is 6. The molecule has 1 aliphatic heterocycles. The van der Waals surface area contributed by atoms with Crippen LogP contribution in [-0.2, 0) is 4.74 Å². The van der Waals surface area contributed by atoms with Gasteiger partial charge in [0, 0.05) is 25.7 Å². The number of aromatic nitrogens is 3. The Morgan fingerprint density at radius 2 is 1.96 bits per heavy atom. The lowest BCUT2D eigenvalue weighted by atomic mass is 10.2. The van der Waals surface area contributed by atoms with Crippen LogP contribution in [0, 0.1) is 0 Å². The van der Waals surface area contributed by atoms with Crippen molar-refractivity contribution in [1.29, 1.82) is 0 Å². The van der Waals surface area contributed by atoms with Gasteiger partial charge >= 0.3 is 0 Å². The Balaban J connectivity index is 2.08. The van der Waals surface area contributed by atoms with Crippen LogP contribution in [0.3, 0.4) is 0 Å². The van der Waals surface area contributed by atoms with Crippen molar-refractivity contribution >= 4 is 34.4 Å². The van der Waals surface area contributed by atoms with E-state index < -0.39 is 0 Å². The van der Waals surface area contributed by atoms with E-state index in [2.05, 4.69) is 35.6 Å². The summed E-state index contributed by atoms with van der Waals surface area (Å²) in [5, 5.41) is 1.40. The quantitative estimate of drug-likeness (QED) is 0.681. The van der Waals surface area contributed by atoms with E-state index in [1.807, 2.05) is 6.07 Å². The van der Waals surface area contributed by atoms with Gasteiger partial charge in [0.05, 0.1) is 18.6 Å². The SMILES string of the molecule is CCCCN(c1nc(N2CCOCC2)c2ccc(Cl)nc2n1)C(C)CC. The van der Waals surface area contributed by atoms with Gasteiger partial charge in [0.1, 0.15) is 11.0 Å². The first-order valence-corrected chi connectivity index (χ1v) is 9.95. The molecule has 1 saturated heterocycles. The highest BCUT2D eigenvalue weighted by atomic mass is 35.5. The van der Waals surface area contributed by atoms with Gasteiger partial charge in [-0.15, -0.1) is 0 Å². The molecule has 0 bridgehead atoms. The van der Waals surface area contributed by atoms with E-state index in [1.165, 1.54) is 0 Å². The Labute approximate surface area is 160 Å². The third-order valence-electron chi connectivity index (χ3n) is 4.94. The van der Waals surface area contributed by atoms with Crippen molar-refractivity contribution < 1.29 is 4.74 Å². The van der Waals surface area contributed by atoms with Crippen LogP contribution in [0.25, 0.3) is 11.0 Å². The first-order chi connectivity index (χ1) is 12.6. The molecule has 0 spiro atoms. The summed E-state index contributed by atoms with van der Waals surface area (Å²) >= 11 is 6.14. The predicted molar refractivity (Wildman–Crippen MR) is 107 cm³/mol. The Hall–Kier alpha value is -1.66. The summed E-state index contributed by atoms with van der Waals surface area (Å²) in [7, 11) is 0. The lowest BCUT2D eigenvalue weighted by molar-refractivity contribution is 0.122. The van der Waals surface area contributed by atoms with E-state index in [-0.39, 0.29) is 0 Å². The number of nitrogens with zero attached hydrogens (tertiary/aromatic N) is 5. The maximum Gasteiger partial charge on any atom is 0.229 e. The van der Waals surface area contributed by atoms with Crippen molar-refractivity contribution in [2.45, 2.75) is 46.1 Å². The van der Waals surface area contributed by atoms with Crippen LogP contribution < -0.4 is 9.80 Å². The number of unbranched alkanes of at least 4 members (excludes halogenated alkanes) is 1. The molecule has 0 amide bonds. The van der Waals surface area contributed by atoms with Crippen molar-refractivity contribution in [3.8, 4) is 0 Å². The zero-order valence-electron chi connectivity index (χ0n) is 15.9. The lowest BCUT2D eigenvalue weighted by Gasteiger charge is -2.32. The summed E-state index contributed by atoms with van der Waals surface area (Å²) in [5.41, 5.74) is 0.661. The third kappa shape index (κ3) is 4.18. The summed E-state index contributed by atoms with van der Waals surface area (Å²) in [6, 6.07) is 4.15. The predicted octanol–water partition coefficient (Wildman–Crippen LogP) is 3.92. The fourth-order valence-corrected chi connectivity index (χ4v) is 3.31. The molecular weight excluding hydrogens is 350 g/mol. The summed E-state index contributed by atoms with van der Waals surface area (Å²) in [6.45, 7) is 10.7. The highest BCUT2D eigenvalue weighted by Gasteiger charge is 2.22. The fraction of sp³-hybridized carbons (Fsp3) is 0.632. The smallest absolute Gasteiger partial charge is 0.229 e. The van der Waals surface area contributed by atoms with Gasteiger partial charge in [0.15, 0.2) is 5.65 Å². The van der Waals surface area contributed by atoms with Gasteiger partial charge in [-0.3, -0.25) is 0 Å². The van der Waals surface area contributed by atoms with Crippen molar-refractivity contribution in [1.82, 2.24) is 15.0 Å². The number of pyridine rings is 1. The van der Waals surface area contributed by atoms with Crippen LogP contribution in [-0.4, -0.2) is 53.8 Å². The second kappa shape index (κ2) is 8.82. The minimum atomic E-state index is 0.371. The molecular formula is C19H28ClN5O. The van der Waals surface area contributed by atoms with Gasteiger partial charge in [-0.05, 0) is 31.9 Å². The molecule has 2 aromatic heterocycles. The topological polar surface area (TPSA) is 54.4 Å². The van der Waals surface area contributed by atoms with Crippen molar-refractivity contribution in [3.05, 3.63) is 17.3 Å². The van der Waals surface area contributed by atoms with Gasteiger partial charge in [-0.1, -0.05) is 31.9 Å². The molecule has 142 valence electrons. The maximum absolute atomic E-state index is 6.14. The van der Waals surface area contributed by atoms with E-state index in [1.54, 1.807) is 6.07 Å². The monoisotopic (exact) mass is 377 g/mol. The number of anilines is 2. The fourth-order valence-electron chi connectivity index (χ4n) is 3.17. The van der Waals surface area contributed by atoms with Crippen molar-refractivity contribution in [3.63, 3.8) is 0 Å². The number of ether oxygens (including phenoxy) is 1. The molecule has 26 heavy (non-hydrogen) atoms.